The van der Waals surface area contributed by atoms with Gasteiger partial charge in [0.05, 0.1) is 35.5 Å². The Morgan fingerprint density at radius 3 is 2.65 bits per heavy atom. The minimum Gasteiger partial charge on any atom is -0.390 e. The molecular formula is C22H21F3N6O5S. The number of nitrogens with two attached hydrogens (primary N) is 1. The van der Waals surface area contributed by atoms with E-state index in [1.807, 2.05) is 0 Å². The fraction of sp³-hybridized carbons (Fsp3) is 0.318. The second kappa shape index (κ2) is 9.18. The highest BCUT2D eigenvalue weighted by Gasteiger charge is 2.42. The summed E-state index contributed by atoms with van der Waals surface area (Å²) in [4.78, 5) is 8.41. The molecule has 37 heavy (non-hydrogen) atoms. The normalized spacial score (nSPS) is 22.6. The molecule has 0 spiro atoms. The number of anilines is 1. The maximum absolute atomic E-state index is 13.5. The molecule has 0 unspecified atom stereocenters. The molecule has 1 aromatic carbocycles. The van der Waals surface area contributed by atoms with Crippen molar-refractivity contribution < 1.29 is 36.0 Å². The maximum atomic E-state index is 13.5. The van der Waals surface area contributed by atoms with E-state index in [0.29, 0.717) is 22.7 Å². The number of aliphatic hydroxyl groups excluding tert-OH is 2. The molecule has 196 valence electrons. The number of rotatable bonds is 6. The smallest absolute Gasteiger partial charge is 0.390 e. The maximum Gasteiger partial charge on any atom is 0.417 e. The van der Waals surface area contributed by atoms with E-state index in [1.165, 1.54) is 35.1 Å². The van der Waals surface area contributed by atoms with Crippen molar-refractivity contribution in [3.05, 3.63) is 54.4 Å². The van der Waals surface area contributed by atoms with Gasteiger partial charge in [-0.05, 0) is 30.7 Å². The molecule has 0 saturated heterocycles. The van der Waals surface area contributed by atoms with E-state index in [2.05, 4.69) is 24.6 Å². The highest BCUT2D eigenvalue weighted by Crippen LogP contribution is 2.38. The zero-order valence-electron chi connectivity index (χ0n) is 18.9. The summed E-state index contributed by atoms with van der Waals surface area (Å²) in [7, 11) is -4.21. The Morgan fingerprint density at radius 2 is 1.92 bits per heavy atom. The SMILES string of the molecule is NS(=O)(=O)OC[C@H]1C[C@@H](Nc2ccnc3cc(-c4ccc(C(F)(F)F)c5cccnc45)nn23)[C@H](O)[C@@H]1O. The minimum atomic E-state index is -4.55. The summed E-state index contributed by atoms with van der Waals surface area (Å²) in [6.07, 6.45) is -4.05. The Hall–Kier alpha value is -3.37. The molecule has 1 aliphatic rings. The summed E-state index contributed by atoms with van der Waals surface area (Å²) in [5.74, 6) is -0.328. The zero-order valence-corrected chi connectivity index (χ0v) is 19.7. The van der Waals surface area contributed by atoms with E-state index in [9.17, 15) is 31.8 Å². The second-order valence-electron chi connectivity index (χ2n) is 8.69. The molecule has 4 aromatic rings. The van der Waals surface area contributed by atoms with Gasteiger partial charge in [-0.2, -0.15) is 31.2 Å². The first-order chi connectivity index (χ1) is 17.4. The highest BCUT2D eigenvalue weighted by molar-refractivity contribution is 7.84. The van der Waals surface area contributed by atoms with Crippen LogP contribution in [0.2, 0.25) is 0 Å². The molecule has 11 nitrogen and oxygen atoms in total. The third-order valence-corrected chi connectivity index (χ3v) is 6.76. The van der Waals surface area contributed by atoms with Gasteiger partial charge < -0.3 is 15.5 Å². The lowest BCUT2D eigenvalue weighted by Crippen LogP contribution is -2.36. The van der Waals surface area contributed by atoms with Crippen molar-refractivity contribution in [3.8, 4) is 11.3 Å². The lowest BCUT2D eigenvalue weighted by Gasteiger charge is -2.19. The topological polar surface area (TPSA) is 165 Å². The zero-order chi connectivity index (χ0) is 26.5. The number of hydrogen-bond acceptors (Lipinski definition) is 9. The lowest BCUT2D eigenvalue weighted by molar-refractivity contribution is -0.136. The molecule has 5 N–H and O–H groups in total. The highest BCUT2D eigenvalue weighted by atomic mass is 32.2. The molecule has 0 aliphatic heterocycles. The van der Waals surface area contributed by atoms with E-state index >= 15 is 0 Å². The molecule has 1 aliphatic carbocycles. The van der Waals surface area contributed by atoms with Crippen molar-refractivity contribution in [2.24, 2.45) is 11.1 Å². The number of pyridine rings is 1. The van der Waals surface area contributed by atoms with Crippen LogP contribution >= 0.6 is 0 Å². The molecule has 1 saturated carbocycles. The van der Waals surface area contributed by atoms with Gasteiger partial charge in [-0.3, -0.25) is 9.17 Å². The molecular weight excluding hydrogens is 517 g/mol. The van der Waals surface area contributed by atoms with Gasteiger partial charge in [-0.15, -0.1) is 0 Å². The van der Waals surface area contributed by atoms with E-state index in [0.717, 1.165) is 6.07 Å². The molecule has 0 radical (unpaired) electrons. The van der Waals surface area contributed by atoms with Crippen LogP contribution in [0.5, 0.6) is 0 Å². The van der Waals surface area contributed by atoms with E-state index < -0.39 is 52.8 Å². The van der Waals surface area contributed by atoms with Gasteiger partial charge in [0.1, 0.15) is 11.9 Å². The van der Waals surface area contributed by atoms with Crippen LogP contribution in [-0.2, 0) is 20.7 Å². The first-order valence-corrected chi connectivity index (χ1v) is 12.5. The van der Waals surface area contributed by atoms with Crippen LogP contribution in [0, 0.1) is 5.92 Å². The summed E-state index contributed by atoms with van der Waals surface area (Å²) in [5.41, 5.74) is 0.383. The Morgan fingerprint density at radius 1 is 1.14 bits per heavy atom. The van der Waals surface area contributed by atoms with Crippen LogP contribution in [0.25, 0.3) is 27.8 Å². The quantitative estimate of drug-likeness (QED) is 0.286. The molecule has 0 amide bonds. The third-order valence-electron chi connectivity index (χ3n) is 6.29. The number of nitrogens with zero attached hydrogens (tertiary/aromatic N) is 4. The second-order valence-corrected chi connectivity index (χ2v) is 9.91. The third kappa shape index (κ3) is 4.95. The number of alkyl halides is 3. The Bertz CT molecular complexity index is 1580. The van der Waals surface area contributed by atoms with Crippen LogP contribution in [0.3, 0.4) is 0 Å². The largest absolute Gasteiger partial charge is 0.417 e. The van der Waals surface area contributed by atoms with Gasteiger partial charge in [-0.1, -0.05) is 6.07 Å². The Kier molecular flexibility index (Phi) is 6.27. The minimum absolute atomic E-state index is 0.0633. The van der Waals surface area contributed by atoms with Gasteiger partial charge in [0, 0.05) is 35.3 Å². The summed E-state index contributed by atoms with van der Waals surface area (Å²) in [6, 6.07) is 7.52. The summed E-state index contributed by atoms with van der Waals surface area (Å²) >= 11 is 0. The number of aromatic nitrogens is 4. The number of nitrogens with one attached hydrogen (secondary N) is 1. The van der Waals surface area contributed by atoms with Crippen LogP contribution in [0.15, 0.2) is 48.8 Å². The molecule has 1 fully saturated rings. The van der Waals surface area contributed by atoms with Crippen molar-refractivity contribution >= 4 is 32.7 Å². The lowest BCUT2D eigenvalue weighted by atomic mass is 10.0. The molecule has 4 atom stereocenters. The number of halogens is 3. The van der Waals surface area contributed by atoms with Crippen LogP contribution in [0.1, 0.15) is 12.0 Å². The van der Waals surface area contributed by atoms with Gasteiger partial charge in [0.25, 0.3) is 0 Å². The number of aliphatic hydroxyl groups is 2. The number of fused-ring (bicyclic) bond motifs is 2. The molecule has 3 heterocycles. The predicted molar refractivity (Wildman–Crippen MR) is 125 cm³/mol. The van der Waals surface area contributed by atoms with Crippen molar-refractivity contribution in [2.75, 3.05) is 11.9 Å². The van der Waals surface area contributed by atoms with Crippen molar-refractivity contribution in [1.82, 2.24) is 19.6 Å². The number of hydrogen-bond donors (Lipinski definition) is 4. The fourth-order valence-corrected chi connectivity index (χ4v) is 4.93. The van der Waals surface area contributed by atoms with Crippen molar-refractivity contribution in [3.63, 3.8) is 0 Å². The Labute approximate surface area is 208 Å². The predicted octanol–water partition coefficient (Wildman–Crippen LogP) is 1.71. The van der Waals surface area contributed by atoms with E-state index in [1.54, 1.807) is 12.1 Å². The van der Waals surface area contributed by atoms with E-state index in [4.69, 9.17) is 5.14 Å². The fourth-order valence-electron chi connectivity index (χ4n) is 4.57. The summed E-state index contributed by atoms with van der Waals surface area (Å²) in [5, 5.41) is 33.2. The van der Waals surface area contributed by atoms with Gasteiger partial charge in [0.2, 0.25) is 0 Å². The van der Waals surface area contributed by atoms with Gasteiger partial charge in [-0.25, -0.2) is 10.1 Å². The first kappa shape index (κ1) is 25.3. The van der Waals surface area contributed by atoms with Crippen molar-refractivity contribution in [1.29, 1.82) is 0 Å². The van der Waals surface area contributed by atoms with Crippen LogP contribution in [0.4, 0.5) is 19.0 Å². The van der Waals surface area contributed by atoms with E-state index in [-0.39, 0.29) is 17.3 Å². The number of benzene rings is 1. The average Bonchev–Trinajstić information content (AvgIpc) is 3.38. The van der Waals surface area contributed by atoms with Gasteiger partial charge >= 0.3 is 16.5 Å². The van der Waals surface area contributed by atoms with Crippen LogP contribution < -0.4 is 10.5 Å². The monoisotopic (exact) mass is 538 g/mol. The van der Waals surface area contributed by atoms with Crippen molar-refractivity contribution in [2.45, 2.75) is 30.8 Å². The molecule has 5 rings (SSSR count). The average molecular weight is 539 g/mol. The summed E-state index contributed by atoms with van der Waals surface area (Å²) < 4.78 is 68.7. The summed E-state index contributed by atoms with van der Waals surface area (Å²) in [6.45, 7) is -0.402. The standard InChI is InChI=1S/C22H21F3N6O5S/c23-22(24,25)14-4-3-13(19-12(14)2-1-6-28-19)15-9-18-27-7-5-17(31(18)30-15)29-16-8-11(20(32)21(16)33)10-36-37(26,34)35/h1-7,9,11,16,20-21,29,32-33H,8,10H2,(H2,26,34,35)/t11-,16-,20-,21+/m1/s1. The first-order valence-electron chi connectivity index (χ1n) is 11.0. The Balaban J connectivity index is 1.47. The molecule has 0 bridgehead atoms. The van der Waals surface area contributed by atoms with Gasteiger partial charge in [0.15, 0.2) is 5.65 Å². The molecule has 15 heteroatoms. The molecule has 3 aromatic heterocycles. The van der Waals surface area contributed by atoms with Crippen LogP contribution in [-0.4, -0.2) is 63.1 Å².